The molecule has 1 amide bonds. The summed E-state index contributed by atoms with van der Waals surface area (Å²) in [5.74, 6) is 0.603. The zero-order valence-electron chi connectivity index (χ0n) is 10.5. The molecule has 0 spiro atoms. The smallest absolute Gasteiger partial charge is 0.272 e. The minimum absolute atomic E-state index is 0.0447. The van der Waals surface area contributed by atoms with Gasteiger partial charge in [-0.25, -0.2) is 4.98 Å². The Hall–Kier alpha value is -0.940. The summed E-state index contributed by atoms with van der Waals surface area (Å²) >= 11 is 3.33. The maximum atomic E-state index is 12.3. The predicted molar refractivity (Wildman–Crippen MR) is 74.5 cm³/mol. The van der Waals surface area contributed by atoms with Gasteiger partial charge < -0.3 is 10.2 Å². The van der Waals surface area contributed by atoms with Crippen molar-refractivity contribution in [1.29, 1.82) is 0 Å². The van der Waals surface area contributed by atoms with Crippen molar-refractivity contribution in [2.24, 2.45) is 5.92 Å². The predicted octanol–water partition coefficient (Wildman–Crippen LogP) is 1.92. The van der Waals surface area contributed by atoms with Crippen LogP contribution in [0.4, 0.5) is 0 Å². The highest BCUT2D eigenvalue weighted by molar-refractivity contribution is 9.10. The Morgan fingerprint density at radius 3 is 3.11 bits per heavy atom. The van der Waals surface area contributed by atoms with Crippen LogP contribution in [0.1, 0.15) is 23.3 Å². The third-order valence-corrected chi connectivity index (χ3v) is 3.71. The van der Waals surface area contributed by atoms with Crippen LogP contribution in [0.3, 0.4) is 0 Å². The molecule has 0 saturated carbocycles. The molecule has 1 aromatic rings. The number of likely N-dealkylation sites (tertiary alicyclic amines) is 1. The first kappa shape index (κ1) is 13.5. The molecule has 2 rings (SSSR count). The molecule has 0 bridgehead atoms. The van der Waals surface area contributed by atoms with Crippen LogP contribution in [0, 0.1) is 5.92 Å². The summed E-state index contributed by atoms with van der Waals surface area (Å²) in [4.78, 5) is 18.4. The number of carbonyl (C=O) groups is 1. The fourth-order valence-corrected chi connectivity index (χ4v) is 2.60. The first-order valence-electron chi connectivity index (χ1n) is 6.26. The molecule has 1 saturated heterocycles. The maximum absolute atomic E-state index is 12.3. The number of hydrogen-bond acceptors (Lipinski definition) is 3. The van der Waals surface area contributed by atoms with Crippen LogP contribution in [-0.4, -0.2) is 42.5 Å². The molecule has 1 N–H and O–H groups in total. The Kier molecular flexibility index (Phi) is 4.72. The third kappa shape index (κ3) is 3.29. The number of piperidine rings is 1. The Morgan fingerprint density at radius 2 is 2.44 bits per heavy atom. The van der Waals surface area contributed by atoms with E-state index in [2.05, 4.69) is 26.2 Å². The average Bonchev–Trinajstić information content (AvgIpc) is 2.39. The van der Waals surface area contributed by atoms with Crippen molar-refractivity contribution in [3.05, 3.63) is 28.5 Å². The van der Waals surface area contributed by atoms with Crippen molar-refractivity contribution >= 4 is 21.8 Å². The van der Waals surface area contributed by atoms with Gasteiger partial charge in [-0.05, 0) is 60.4 Å². The van der Waals surface area contributed by atoms with Crippen LogP contribution in [0.2, 0.25) is 0 Å². The van der Waals surface area contributed by atoms with Gasteiger partial charge >= 0.3 is 0 Å². The molecule has 5 heteroatoms. The topological polar surface area (TPSA) is 45.2 Å². The standard InChI is InChI=1S/C13H18BrN3O/c1-15-7-10-3-2-6-17(9-10)13(18)12-5-4-11(14)8-16-12/h4-5,8,10,15H,2-3,6-7,9H2,1H3/t10-/m1/s1. The number of nitrogens with one attached hydrogen (secondary N) is 1. The van der Waals surface area contributed by atoms with E-state index in [0.29, 0.717) is 11.6 Å². The molecule has 1 aromatic heterocycles. The molecule has 0 aromatic carbocycles. The van der Waals surface area contributed by atoms with E-state index in [9.17, 15) is 4.79 Å². The molecule has 4 nitrogen and oxygen atoms in total. The lowest BCUT2D eigenvalue weighted by molar-refractivity contribution is 0.0668. The fraction of sp³-hybridized carbons (Fsp3) is 0.538. The molecule has 0 radical (unpaired) electrons. The SMILES string of the molecule is CNC[C@H]1CCCN(C(=O)c2ccc(Br)cn2)C1. The zero-order chi connectivity index (χ0) is 13.0. The van der Waals surface area contributed by atoms with E-state index in [1.165, 1.54) is 6.42 Å². The van der Waals surface area contributed by atoms with Gasteiger partial charge in [-0.1, -0.05) is 0 Å². The van der Waals surface area contributed by atoms with Crippen molar-refractivity contribution in [1.82, 2.24) is 15.2 Å². The summed E-state index contributed by atoms with van der Waals surface area (Å²) in [6.45, 7) is 2.64. The average molecular weight is 312 g/mol. The monoisotopic (exact) mass is 311 g/mol. The second-order valence-electron chi connectivity index (χ2n) is 4.68. The second kappa shape index (κ2) is 6.29. The van der Waals surface area contributed by atoms with Crippen molar-refractivity contribution in [2.45, 2.75) is 12.8 Å². The molecular formula is C13H18BrN3O. The number of nitrogens with zero attached hydrogens (tertiary/aromatic N) is 2. The van der Waals surface area contributed by atoms with Gasteiger partial charge in [0, 0.05) is 23.8 Å². The molecule has 0 unspecified atom stereocenters. The van der Waals surface area contributed by atoms with E-state index in [0.717, 1.165) is 30.5 Å². The summed E-state index contributed by atoms with van der Waals surface area (Å²) < 4.78 is 0.894. The van der Waals surface area contributed by atoms with Gasteiger partial charge in [0.05, 0.1) is 0 Å². The van der Waals surface area contributed by atoms with Gasteiger partial charge in [0.25, 0.3) is 5.91 Å². The van der Waals surface area contributed by atoms with E-state index >= 15 is 0 Å². The second-order valence-corrected chi connectivity index (χ2v) is 5.59. The Labute approximate surface area is 116 Å². The number of halogens is 1. The van der Waals surface area contributed by atoms with E-state index in [4.69, 9.17) is 0 Å². The first-order chi connectivity index (χ1) is 8.70. The number of hydrogen-bond donors (Lipinski definition) is 1. The zero-order valence-corrected chi connectivity index (χ0v) is 12.1. The first-order valence-corrected chi connectivity index (χ1v) is 7.05. The number of amides is 1. The van der Waals surface area contributed by atoms with Crippen LogP contribution >= 0.6 is 15.9 Å². The lowest BCUT2D eigenvalue weighted by Crippen LogP contribution is -2.42. The van der Waals surface area contributed by atoms with E-state index in [1.807, 2.05) is 18.0 Å². The quantitative estimate of drug-likeness (QED) is 0.927. The largest absolute Gasteiger partial charge is 0.337 e. The van der Waals surface area contributed by atoms with Gasteiger partial charge in [0.15, 0.2) is 0 Å². The number of carbonyl (C=O) groups excluding carboxylic acids is 1. The summed E-state index contributed by atoms with van der Waals surface area (Å²) in [6.07, 6.45) is 3.94. The van der Waals surface area contributed by atoms with Gasteiger partial charge in [-0.3, -0.25) is 4.79 Å². The highest BCUT2D eigenvalue weighted by Crippen LogP contribution is 2.18. The molecule has 1 atom stereocenters. The minimum atomic E-state index is 0.0447. The Morgan fingerprint density at radius 1 is 1.61 bits per heavy atom. The number of pyridine rings is 1. The molecule has 1 aliphatic rings. The van der Waals surface area contributed by atoms with Crippen LogP contribution in [0.25, 0.3) is 0 Å². The van der Waals surface area contributed by atoms with Gasteiger partial charge in [0.2, 0.25) is 0 Å². The molecule has 18 heavy (non-hydrogen) atoms. The van der Waals surface area contributed by atoms with E-state index in [1.54, 1.807) is 12.3 Å². The molecule has 2 heterocycles. The van der Waals surface area contributed by atoms with Crippen LogP contribution in [0.15, 0.2) is 22.8 Å². The summed E-state index contributed by atoms with van der Waals surface area (Å²) in [5, 5.41) is 3.18. The van der Waals surface area contributed by atoms with Gasteiger partial charge in [0.1, 0.15) is 5.69 Å². The highest BCUT2D eigenvalue weighted by Gasteiger charge is 2.24. The lowest BCUT2D eigenvalue weighted by Gasteiger charge is -2.32. The van der Waals surface area contributed by atoms with Crippen LogP contribution in [0.5, 0.6) is 0 Å². The van der Waals surface area contributed by atoms with Crippen LogP contribution < -0.4 is 5.32 Å². The molecule has 0 aliphatic carbocycles. The molecular weight excluding hydrogens is 294 g/mol. The Balaban J connectivity index is 2.02. The van der Waals surface area contributed by atoms with Crippen molar-refractivity contribution in [3.8, 4) is 0 Å². The minimum Gasteiger partial charge on any atom is -0.337 e. The van der Waals surface area contributed by atoms with Crippen molar-refractivity contribution in [2.75, 3.05) is 26.7 Å². The van der Waals surface area contributed by atoms with Crippen LogP contribution in [-0.2, 0) is 0 Å². The molecule has 98 valence electrons. The summed E-state index contributed by atoms with van der Waals surface area (Å²) in [6, 6.07) is 3.63. The number of rotatable bonds is 3. The molecule has 1 aliphatic heterocycles. The van der Waals surface area contributed by atoms with Crippen molar-refractivity contribution in [3.63, 3.8) is 0 Å². The van der Waals surface area contributed by atoms with Crippen molar-refractivity contribution < 1.29 is 4.79 Å². The van der Waals surface area contributed by atoms with E-state index in [-0.39, 0.29) is 5.91 Å². The summed E-state index contributed by atoms with van der Waals surface area (Å²) in [7, 11) is 1.96. The summed E-state index contributed by atoms with van der Waals surface area (Å²) in [5.41, 5.74) is 0.531. The maximum Gasteiger partial charge on any atom is 0.272 e. The van der Waals surface area contributed by atoms with E-state index < -0.39 is 0 Å². The third-order valence-electron chi connectivity index (χ3n) is 3.25. The lowest BCUT2D eigenvalue weighted by atomic mass is 9.98. The fourth-order valence-electron chi connectivity index (χ4n) is 2.37. The molecule has 1 fully saturated rings. The highest BCUT2D eigenvalue weighted by atomic mass is 79.9. The number of aromatic nitrogens is 1. The van der Waals surface area contributed by atoms with Gasteiger partial charge in [-0.2, -0.15) is 0 Å². The van der Waals surface area contributed by atoms with Gasteiger partial charge in [-0.15, -0.1) is 0 Å². The Bertz CT molecular complexity index is 405. The normalized spacial score (nSPS) is 19.9.